The fraction of sp³-hybridized carbons (Fsp3) is 0.379. The van der Waals surface area contributed by atoms with Gasteiger partial charge in [0.05, 0.1) is 36.2 Å². The SMILES string of the molecule is CC(CNC(=O)/C=C/c1ccc(S(=O)(=O)N2CCOCC2)cc1)NC(=O)/C=C/c1ccc(S(=O)(=O)N2CCOCC2)cc1. The molecule has 2 saturated heterocycles. The fourth-order valence-electron chi connectivity index (χ4n) is 4.37. The Labute approximate surface area is 252 Å². The molecule has 2 aromatic rings. The normalized spacial score (nSPS) is 18.1. The van der Waals surface area contributed by atoms with Crippen LogP contribution in [-0.4, -0.2) is 102 Å². The molecule has 0 radical (unpaired) electrons. The molecular formula is C29H36N4O8S2. The van der Waals surface area contributed by atoms with E-state index in [9.17, 15) is 26.4 Å². The molecule has 2 aromatic carbocycles. The Kier molecular flexibility index (Phi) is 11.2. The van der Waals surface area contributed by atoms with Gasteiger partial charge >= 0.3 is 0 Å². The van der Waals surface area contributed by atoms with Crippen molar-refractivity contribution in [2.45, 2.75) is 22.8 Å². The maximum Gasteiger partial charge on any atom is 0.244 e. The predicted octanol–water partition coefficient (Wildman–Crippen LogP) is 1.08. The van der Waals surface area contributed by atoms with Crippen LogP contribution in [0, 0.1) is 0 Å². The van der Waals surface area contributed by atoms with Crippen molar-refractivity contribution >= 4 is 44.0 Å². The Morgan fingerprint density at radius 3 is 1.53 bits per heavy atom. The summed E-state index contributed by atoms with van der Waals surface area (Å²) in [7, 11) is -7.17. The average Bonchev–Trinajstić information content (AvgIpc) is 3.03. The number of nitrogens with zero attached hydrogens (tertiary/aromatic N) is 2. The number of hydrogen-bond donors (Lipinski definition) is 2. The number of morpholine rings is 2. The van der Waals surface area contributed by atoms with Crippen molar-refractivity contribution in [1.82, 2.24) is 19.2 Å². The van der Waals surface area contributed by atoms with Gasteiger partial charge < -0.3 is 20.1 Å². The second kappa shape index (κ2) is 14.9. The first-order chi connectivity index (χ1) is 20.6. The van der Waals surface area contributed by atoms with E-state index in [1.807, 2.05) is 0 Å². The highest BCUT2D eigenvalue weighted by Gasteiger charge is 2.27. The number of sulfonamides is 2. The number of carbonyl (C=O) groups is 2. The van der Waals surface area contributed by atoms with E-state index in [0.29, 0.717) is 63.7 Å². The molecule has 1 unspecified atom stereocenters. The van der Waals surface area contributed by atoms with Gasteiger partial charge in [-0.3, -0.25) is 9.59 Å². The molecule has 2 fully saturated rings. The lowest BCUT2D eigenvalue weighted by Gasteiger charge is -2.26. The average molecular weight is 633 g/mol. The zero-order valence-corrected chi connectivity index (χ0v) is 25.5. The molecule has 0 spiro atoms. The van der Waals surface area contributed by atoms with E-state index < -0.39 is 20.0 Å². The number of nitrogens with one attached hydrogen (secondary N) is 2. The molecule has 0 bridgehead atoms. The van der Waals surface area contributed by atoms with Crippen LogP contribution in [-0.2, 0) is 39.1 Å². The van der Waals surface area contributed by atoms with Gasteiger partial charge in [0.25, 0.3) is 0 Å². The van der Waals surface area contributed by atoms with Crippen molar-refractivity contribution < 1.29 is 35.9 Å². The summed E-state index contributed by atoms with van der Waals surface area (Å²) in [5, 5.41) is 5.47. The molecule has 0 aromatic heterocycles. The third kappa shape index (κ3) is 9.05. The third-order valence-corrected chi connectivity index (χ3v) is 10.6. The van der Waals surface area contributed by atoms with Gasteiger partial charge in [0.2, 0.25) is 31.9 Å². The van der Waals surface area contributed by atoms with Crippen molar-refractivity contribution in [2.24, 2.45) is 0 Å². The molecule has 0 saturated carbocycles. The summed E-state index contributed by atoms with van der Waals surface area (Å²) in [5.41, 5.74) is 1.32. The number of amides is 2. The van der Waals surface area contributed by atoms with E-state index in [4.69, 9.17) is 9.47 Å². The topological polar surface area (TPSA) is 151 Å². The lowest BCUT2D eigenvalue weighted by atomic mass is 10.2. The summed E-state index contributed by atoms with van der Waals surface area (Å²) in [4.78, 5) is 24.9. The number of hydrogen-bond acceptors (Lipinski definition) is 8. The summed E-state index contributed by atoms with van der Waals surface area (Å²) in [5.74, 6) is -0.733. The summed E-state index contributed by atoms with van der Waals surface area (Å²) in [6, 6.07) is 12.2. The molecule has 14 heteroatoms. The second-order valence-corrected chi connectivity index (χ2v) is 13.9. The van der Waals surface area contributed by atoms with E-state index in [1.54, 1.807) is 43.3 Å². The van der Waals surface area contributed by atoms with Crippen LogP contribution >= 0.6 is 0 Å². The zero-order valence-electron chi connectivity index (χ0n) is 23.8. The van der Waals surface area contributed by atoms with Gasteiger partial charge in [-0.25, -0.2) is 16.8 Å². The van der Waals surface area contributed by atoms with Crippen molar-refractivity contribution in [3.8, 4) is 0 Å². The number of benzene rings is 2. The van der Waals surface area contributed by atoms with E-state index in [-0.39, 0.29) is 34.2 Å². The fourth-order valence-corrected chi connectivity index (χ4v) is 7.19. The molecule has 4 rings (SSSR count). The molecular weight excluding hydrogens is 596 g/mol. The Morgan fingerprint density at radius 1 is 0.721 bits per heavy atom. The molecule has 2 aliphatic rings. The summed E-state index contributed by atoms with van der Waals surface area (Å²) in [6.45, 7) is 4.68. The Morgan fingerprint density at radius 2 is 1.12 bits per heavy atom. The number of carbonyl (C=O) groups excluding carboxylic acids is 2. The molecule has 2 amide bonds. The van der Waals surface area contributed by atoms with Crippen molar-refractivity contribution in [3.05, 3.63) is 71.8 Å². The number of ether oxygens (including phenoxy) is 2. The van der Waals surface area contributed by atoms with Crippen LogP contribution in [0.4, 0.5) is 0 Å². The van der Waals surface area contributed by atoms with E-state index in [0.717, 1.165) is 0 Å². The summed E-state index contributed by atoms with van der Waals surface area (Å²) >= 11 is 0. The predicted molar refractivity (Wildman–Crippen MR) is 161 cm³/mol. The van der Waals surface area contributed by atoms with Gasteiger partial charge in [-0.1, -0.05) is 24.3 Å². The first-order valence-electron chi connectivity index (χ1n) is 13.9. The summed E-state index contributed by atoms with van der Waals surface area (Å²) < 4.78 is 64.1. The minimum Gasteiger partial charge on any atom is -0.379 e. The first-order valence-corrected chi connectivity index (χ1v) is 16.7. The van der Waals surface area contributed by atoms with Gasteiger partial charge in [-0.05, 0) is 54.5 Å². The largest absolute Gasteiger partial charge is 0.379 e. The van der Waals surface area contributed by atoms with Crippen molar-refractivity contribution in [1.29, 1.82) is 0 Å². The maximum absolute atomic E-state index is 12.7. The van der Waals surface area contributed by atoms with Crippen LogP contribution in [0.3, 0.4) is 0 Å². The van der Waals surface area contributed by atoms with Gasteiger partial charge in [0, 0.05) is 50.9 Å². The molecule has 43 heavy (non-hydrogen) atoms. The highest BCUT2D eigenvalue weighted by atomic mass is 32.2. The Bertz CT molecular complexity index is 1530. The zero-order chi connectivity index (χ0) is 30.9. The molecule has 2 heterocycles. The molecule has 2 aliphatic heterocycles. The highest BCUT2D eigenvalue weighted by Crippen LogP contribution is 2.19. The minimum atomic E-state index is -3.59. The van der Waals surface area contributed by atoms with Gasteiger partial charge in [0.15, 0.2) is 0 Å². The van der Waals surface area contributed by atoms with E-state index >= 15 is 0 Å². The smallest absolute Gasteiger partial charge is 0.244 e. The quantitative estimate of drug-likeness (QED) is 0.350. The van der Waals surface area contributed by atoms with Gasteiger partial charge in [-0.15, -0.1) is 0 Å². The Hall–Kier alpha value is -3.40. The van der Waals surface area contributed by atoms with Crippen molar-refractivity contribution in [3.63, 3.8) is 0 Å². The monoisotopic (exact) mass is 632 g/mol. The molecule has 12 nitrogen and oxygen atoms in total. The lowest BCUT2D eigenvalue weighted by molar-refractivity contribution is -0.118. The molecule has 0 aliphatic carbocycles. The van der Waals surface area contributed by atoms with Crippen molar-refractivity contribution in [2.75, 3.05) is 59.2 Å². The van der Waals surface area contributed by atoms with Crippen LogP contribution in [0.2, 0.25) is 0 Å². The van der Waals surface area contributed by atoms with E-state index in [1.165, 1.54) is 45.0 Å². The van der Waals surface area contributed by atoms with Crippen LogP contribution in [0.15, 0.2) is 70.5 Å². The van der Waals surface area contributed by atoms with Crippen LogP contribution < -0.4 is 10.6 Å². The third-order valence-electron chi connectivity index (χ3n) is 6.80. The first kappa shape index (κ1) is 32.5. The standard InChI is InChI=1S/C29H36N4O8S2/c1-23(31-29(35)13-7-25-4-10-27(11-5-25)43(38,39)33-16-20-41-21-17-33)22-30-28(34)12-6-24-2-8-26(9-3-24)42(36,37)32-14-18-40-19-15-32/h2-13,23H,14-22H2,1H3,(H,30,34)(H,31,35)/b12-6+,13-7+. The van der Waals surface area contributed by atoms with Crippen LogP contribution in [0.1, 0.15) is 18.1 Å². The minimum absolute atomic E-state index is 0.183. The van der Waals surface area contributed by atoms with Gasteiger partial charge in [0.1, 0.15) is 0 Å². The second-order valence-electron chi connectivity index (χ2n) is 9.99. The maximum atomic E-state index is 12.7. The lowest BCUT2D eigenvalue weighted by Crippen LogP contribution is -2.40. The van der Waals surface area contributed by atoms with E-state index in [2.05, 4.69) is 10.6 Å². The molecule has 2 N–H and O–H groups in total. The van der Waals surface area contributed by atoms with Crippen LogP contribution in [0.25, 0.3) is 12.2 Å². The van der Waals surface area contributed by atoms with Crippen LogP contribution in [0.5, 0.6) is 0 Å². The Balaban J connectivity index is 1.20. The van der Waals surface area contributed by atoms with Gasteiger partial charge in [-0.2, -0.15) is 8.61 Å². The summed E-state index contributed by atoms with van der Waals surface area (Å²) in [6.07, 6.45) is 5.82. The molecule has 1 atom stereocenters. The highest BCUT2D eigenvalue weighted by molar-refractivity contribution is 7.89. The molecule has 232 valence electrons. The number of rotatable bonds is 11.